The Bertz CT molecular complexity index is 5890. The molecule has 6 aliphatic rings. The van der Waals surface area contributed by atoms with E-state index in [9.17, 15) is 34.2 Å². The number of nitrogens with zero attached hydrogens (tertiary/aromatic N) is 13. The highest BCUT2D eigenvalue weighted by Gasteiger charge is 2.49. The highest BCUT2D eigenvalue weighted by molar-refractivity contribution is 9.10. The smallest absolute Gasteiger partial charge is 0.327 e. The third-order valence-electron chi connectivity index (χ3n) is 21.8. The molecule has 3 aliphatic carbocycles. The van der Waals surface area contributed by atoms with Crippen LogP contribution in [0.15, 0.2) is 164 Å². The third-order valence-corrected chi connectivity index (χ3v) is 22.5. The van der Waals surface area contributed by atoms with E-state index in [-0.39, 0.29) is 132 Å². The molecule has 3 aliphatic heterocycles. The van der Waals surface area contributed by atoms with Gasteiger partial charge >= 0.3 is 11.9 Å². The number of carbonyl (C=O) groups is 5. The fourth-order valence-electron chi connectivity index (χ4n) is 16.9. The molecule has 6 atom stereocenters. The van der Waals surface area contributed by atoms with Crippen LogP contribution in [-0.2, 0) is 38.4 Å². The molecule has 3 fully saturated rings. The molecule has 130 heavy (non-hydrogen) atoms. The summed E-state index contributed by atoms with van der Waals surface area (Å²) in [4.78, 5) is 90.7. The summed E-state index contributed by atoms with van der Waals surface area (Å²) in [5.74, 6) is 4.22. The zero-order valence-corrected chi connectivity index (χ0v) is 75.6. The van der Waals surface area contributed by atoms with E-state index in [1.54, 1.807) is 70.5 Å². The number of aromatic carboxylic acids is 1. The van der Waals surface area contributed by atoms with E-state index in [4.69, 9.17) is 81.6 Å². The Labute approximate surface area is 762 Å². The first-order valence-corrected chi connectivity index (χ1v) is 43.2. The van der Waals surface area contributed by atoms with Gasteiger partial charge in [-0.3, -0.25) is 14.4 Å². The summed E-state index contributed by atoms with van der Waals surface area (Å²) in [5, 5.41) is 48.0. The van der Waals surface area contributed by atoms with Gasteiger partial charge in [0.25, 0.3) is 0 Å². The Balaban J connectivity index is 0.000000157. The van der Waals surface area contributed by atoms with Crippen LogP contribution < -0.4 is 29.4 Å². The number of carboxylic acids is 1. The fraction of sp³-hybridized carbons (Fsp3) is 0.357. The highest BCUT2D eigenvalue weighted by Crippen LogP contribution is 2.53. The second-order valence-electron chi connectivity index (χ2n) is 32.5. The van der Waals surface area contributed by atoms with Gasteiger partial charge in [-0.1, -0.05) is 123 Å². The largest absolute Gasteiger partial charge is 0.492 e. The predicted octanol–water partition coefficient (Wildman–Crippen LogP) is 19.3. The maximum absolute atomic E-state index is 12.4. The first-order valence-electron chi connectivity index (χ1n) is 42.4. The average molecular weight is 1830 g/mol. The third kappa shape index (κ3) is 22.4. The van der Waals surface area contributed by atoms with Crippen molar-refractivity contribution < 1.29 is 82.0 Å². The van der Waals surface area contributed by atoms with E-state index in [2.05, 4.69) is 83.3 Å². The van der Waals surface area contributed by atoms with Crippen LogP contribution in [-0.4, -0.2) is 161 Å². The molecule has 0 spiro atoms. The molecule has 31 nitrogen and oxygen atoms in total. The van der Waals surface area contributed by atoms with Crippen LogP contribution >= 0.6 is 15.9 Å². The molecule has 32 heteroatoms. The number of fused-ring (bicyclic) bond motifs is 9. The summed E-state index contributed by atoms with van der Waals surface area (Å²) in [6.07, 6.45) is 5.05. The number of benzene rings is 8. The SMILES string of the molecule is CCCN1C(=O)CC2Cc3c(/C(N)=N/O)cccc3C21.[C-]#[N+]c1cc(OC(C)C)ccc1-c1nc(-c2cccc3c2CC2CC(=O)N(CCO)C32)no1.[C-]#[N+]c1cc(OC(C)C)ccc1-c1nc(-c2cccc3c2CC2CC(=O)N(CCO)C32)no1.[C-]#[N+]c1cc(OC(C)C)ccc1Br.[C-]#[N+]c1cc(OC(C)C)ccc1C(=O)O.[C-]#[N+]c1cc(OC(C)C)ccc1C(=O)OC. The lowest BCUT2D eigenvalue weighted by atomic mass is 10.0. The van der Waals surface area contributed by atoms with Gasteiger partial charge in [0.15, 0.2) is 5.84 Å². The molecule has 16 rings (SSSR count). The highest BCUT2D eigenvalue weighted by atomic mass is 79.9. The van der Waals surface area contributed by atoms with Crippen molar-refractivity contribution in [2.24, 2.45) is 28.6 Å². The number of carbonyl (C=O) groups excluding carboxylic acids is 4. The van der Waals surface area contributed by atoms with Gasteiger partial charge in [-0.2, -0.15) is 9.97 Å². The second-order valence-corrected chi connectivity index (χ2v) is 33.4. The molecular weight excluding hydrogens is 1730 g/mol. The summed E-state index contributed by atoms with van der Waals surface area (Å²) < 4.78 is 44.1. The molecule has 672 valence electrons. The van der Waals surface area contributed by atoms with Crippen LogP contribution in [0.5, 0.6) is 28.7 Å². The Hall–Kier alpha value is -14.5. The molecule has 2 aromatic heterocycles. The average Bonchev–Trinajstić information content (AvgIpc) is 1.60. The van der Waals surface area contributed by atoms with E-state index in [0.717, 1.165) is 87.0 Å². The van der Waals surface area contributed by atoms with E-state index in [1.807, 2.05) is 135 Å². The quantitative estimate of drug-likeness (QED) is 0.00991. The van der Waals surface area contributed by atoms with Gasteiger partial charge < -0.3 is 78.4 Å². The topological polar surface area (TPSA) is 369 Å². The minimum Gasteiger partial charge on any atom is -0.492 e. The molecule has 0 radical (unpaired) electrons. The van der Waals surface area contributed by atoms with Crippen LogP contribution in [0, 0.1) is 50.6 Å². The standard InChI is InChI=1S/2C25H24N4O4.C15H19N3O2.C12H13NO3.C11H11NO3.C10H10BrNO/c2*1-14(2)32-16-7-8-19(21(13-16)26-3)25-27-24(28-33-25)18-6-4-5-17-20(18)11-15-12-22(31)29(9-10-30)23(15)17;1-2-6-18-13(19)8-9-7-12-10(14(9)18)4-3-5-11(12)15(16)17-20;1-8(2)16-9-5-6-10(12(14)15-4)11(7-9)13-3;1-7(2)15-8-4-5-9(11(13)14)10(6-8)12-3;1-7(2)13-8-4-5-9(11)10(6-8)12-3/h2*4-8,13-15,23,30H,9-12H2,1-2H3;3-5,9,14,20H,2,6-8H2,1H3,(H2,16,17);5-8H,1-2,4H3;4-7H,1-2H3,(H,13,14);4-7H,1-2H3. The number of aromatic nitrogens is 4. The monoisotopic (exact) mass is 1820 g/mol. The van der Waals surface area contributed by atoms with Gasteiger partial charge in [-0.25, -0.2) is 33.8 Å². The molecule has 3 saturated heterocycles. The predicted molar refractivity (Wildman–Crippen MR) is 488 cm³/mol. The number of ether oxygens (including phenoxy) is 6. The Morgan fingerprint density at radius 1 is 0.469 bits per heavy atom. The van der Waals surface area contributed by atoms with Crippen LogP contribution in [0.4, 0.5) is 28.4 Å². The maximum atomic E-state index is 12.4. The first-order chi connectivity index (χ1) is 62.4. The Kier molecular flexibility index (Phi) is 32.4. The van der Waals surface area contributed by atoms with E-state index in [1.165, 1.54) is 30.9 Å². The lowest BCUT2D eigenvalue weighted by Crippen LogP contribution is -2.30. The number of aliphatic hydroxyl groups is 2. The van der Waals surface area contributed by atoms with Crippen molar-refractivity contribution in [3.05, 3.63) is 257 Å². The lowest BCUT2D eigenvalue weighted by molar-refractivity contribution is -0.130. The summed E-state index contributed by atoms with van der Waals surface area (Å²) in [6, 6.07) is 42.9. The first kappa shape index (κ1) is 96.2. The molecule has 10 aromatic rings. The number of hydrogen-bond acceptors (Lipinski definition) is 21. The number of esters is 1. The molecule has 3 amide bonds. The number of hydrogen-bond donors (Lipinski definition) is 5. The minimum atomic E-state index is -1.10. The van der Waals surface area contributed by atoms with Crippen LogP contribution in [0.2, 0.25) is 0 Å². The summed E-state index contributed by atoms with van der Waals surface area (Å²) >= 11 is 3.29. The number of nitrogens with two attached hydrogens (primary N) is 1. The van der Waals surface area contributed by atoms with E-state index >= 15 is 0 Å². The summed E-state index contributed by atoms with van der Waals surface area (Å²) in [6.45, 7) is 58.5. The summed E-state index contributed by atoms with van der Waals surface area (Å²) in [5.41, 5.74) is 18.1. The summed E-state index contributed by atoms with van der Waals surface area (Å²) in [7, 11) is 1.29. The number of amides is 3. The number of likely N-dealkylation sites (tertiary alicyclic amines) is 3. The number of carboxylic acid groups (broad SMARTS) is 1. The zero-order valence-electron chi connectivity index (χ0n) is 74.1. The van der Waals surface area contributed by atoms with Crippen molar-refractivity contribution in [3.8, 4) is 74.4 Å². The molecule has 0 bridgehead atoms. The van der Waals surface area contributed by atoms with Crippen molar-refractivity contribution in [2.75, 3.05) is 40.0 Å². The van der Waals surface area contributed by atoms with Crippen LogP contribution in [0.25, 0.3) is 69.9 Å². The minimum absolute atomic E-state index is 0.000684. The lowest BCUT2D eigenvalue weighted by Gasteiger charge is -2.24. The normalized spacial score (nSPS) is 16.8. The van der Waals surface area contributed by atoms with Gasteiger partial charge in [0.2, 0.25) is 69.6 Å². The number of methoxy groups -OCH3 is 1. The van der Waals surface area contributed by atoms with Gasteiger partial charge in [-0.05, 0) is 207 Å². The van der Waals surface area contributed by atoms with E-state index in [0.29, 0.717) is 101 Å². The number of rotatable bonds is 23. The molecule has 0 saturated carbocycles. The van der Waals surface area contributed by atoms with Gasteiger partial charge in [0.1, 0.15) is 28.7 Å². The second kappa shape index (κ2) is 43.8. The number of oxime groups is 1. The fourth-order valence-corrected chi connectivity index (χ4v) is 17.2. The van der Waals surface area contributed by atoms with Crippen molar-refractivity contribution in [1.29, 1.82) is 0 Å². The zero-order chi connectivity index (χ0) is 93.9. The van der Waals surface area contributed by atoms with Crippen molar-refractivity contribution in [3.63, 3.8) is 0 Å². The number of halogens is 1. The number of β-amino-alcohol motifs (C(OH)–C–C–N with tert-alkyl or cyclic N) is 2. The van der Waals surface area contributed by atoms with Gasteiger partial charge in [0, 0.05) is 71.2 Å². The molecule has 8 aromatic carbocycles. The molecule has 5 heterocycles. The number of aliphatic hydroxyl groups excluding tert-OH is 2. The van der Waals surface area contributed by atoms with Crippen molar-refractivity contribution in [2.45, 2.75) is 170 Å². The molecular formula is C98H101BrN14O17. The maximum Gasteiger partial charge on any atom is 0.327 e. The van der Waals surface area contributed by atoms with Gasteiger partial charge in [0.05, 0.1) is 113 Å². The number of amidine groups is 1. The van der Waals surface area contributed by atoms with E-state index < -0.39 is 11.9 Å². The van der Waals surface area contributed by atoms with Crippen molar-refractivity contribution in [1.82, 2.24) is 35.0 Å². The van der Waals surface area contributed by atoms with Crippen LogP contribution in [0.1, 0.15) is 180 Å². The van der Waals surface area contributed by atoms with Crippen LogP contribution in [0.3, 0.4) is 0 Å². The van der Waals surface area contributed by atoms with Gasteiger partial charge in [-0.15, -0.1) is 0 Å². The Morgan fingerprint density at radius 3 is 1.18 bits per heavy atom. The Morgan fingerprint density at radius 2 is 0.815 bits per heavy atom. The molecule has 6 N–H and O–H groups in total. The molecule has 6 unspecified atom stereocenters. The van der Waals surface area contributed by atoms with Crippen molar-refractivity contribution >= 4 is 79.9 Å².